The maximum absolute atomic E-state index is 6.14. The molecule has 2 unspecified atom stereocenters. The Morgan fingerprint density at radius 2 is 2.12 bits per heavy atom. The average molecular weight is 241 g/mol. The third kappa shape index (κ3) is 3.91. The van der Waals surface area contributed by atoms with E-state index in [1.165, 1.54) is 45.4 Å². The molecule has 2 N–H and O–H groups in total. The standard InChI is InChI=1S/C13H27N3O/c1-17-9-5-12(14)10-15-6-3-8-16-7-2-4-13(16)11-15/h12-13H,2-11,14H2,1H3. The number of rotatable bonds is 5. The van der Waals surface area contributed by atoms with Gasteiger partial charge in [0.15, 0.2) is 0 Å². The van der Waals surface area contributed by atoms with Crippen LogP contribution in [0.25, 0.3) is 0 Å². The quantitative estimate of drug-likeness (QED) is 0.762. The van der Waals surface area contributed by atoms with Gasteiger partial charge in [0.25, 0.3) is 0 Å². The van der Waals surface area contributed by atoms with E-state index in [0.29, 0.717) is 0 Å². The van der Waals surface area contributed by atoms with Crippen molar-refractivity contribution in [3.8, 4) is 0 Å². The number of fused-ring (bicyclic) bond motifs is 1. The molecule has 0 aromatic carbocycles. The van der Waals surface area contributed by atoms with Crippen molar-refractivity contribution in [3.63, 3.8) is 0 Å². The lowest BCUT2D eigenvalue weighted by Gasteiger charge is -2.27. The highest BCUT2D eigenvalue weighted by molar-refractivity contribution is 4.85. The zero-order chi connectivity index (χ0) is 12.1. The van der Waals surface area contributed by atoms with Gasteiger partial charge in [-0.25, -0.2) is 0 Å². The Hall–Kier alpha value is -0.160. The van der Waals surface area contributed by atoms with Crippen LogP contribution < -0.4 is 5.73 Å². The van der Waals surface area contributed by atoms with Crippen LogP contribution in [0.1, 0.15) is 25.7 Å². The molecule has 4 nitrogen and oxygen atoms in total. The molecule has 0 aliphatic carbocycles. The number of hydrogen-bond donors (Lipinski definition) is 1. The number of hydrogen-bond acceptors (Lipinski definition) is 4. The van der Waals surface area contributed by atoms with Gasteiger partial charge in [-0.1, -0.05) is 0 Å². The first-order chi connectivity index (χ1) is 8.29. The van der Waals surface area contributed by atoms with Crippen molar-refractivity contribution in [3.05, 3.63) is 0 Å². The maximum Gasteiger partial charge on any atom is 0.0477 e. The van der Waals surface area contributed by atoms with Gasteiger partial charge < -0.3 is 15.4 Å². The van der Waals surface area contributed by atoms with Crippen molar-refractivity contribution >= 4 is 0 Å². The van der Waals surface area contributed by atoms with E-state index in [4.69, 9.17) is 10.5 Å². The Kier molecular flexibility index (Phi) is 5.22. The summed E-state index contributed by atoms with van der Waals surface area (Å²) in [5.74, 6) is 0. The van der Waals surface area contributed by atoms with Crippen molar-refractivity contribution in [2.45, 2.75) is 37.8 Å². The molecular weight excluding hydrogens is 214 g/mol. The smallest absolute Gasteiger partial charge is 0.0477 e. The van der Waals surface area contributed by atoms with Gasteiger partial charge in [-0.15, -0.1) is 0 Å². The molecular formula is C13H27N3O. The van der Waals surface area contributed by atoms with Crippen LogP contribution in [0, 0.1) is 0 Å². The fourth-order valence-corrected chi connectivity index (χ4v) is 3.14. The number of nitrogens with two attached hydrogens (primary N) is 1. The predicted molar refractivity (Wildman–Crippen MR) is 70.1 cm³/mol. The molecule has 2 fully saturated rings. The summed E-state index contributed by atoms with van der Waals surface area (Å²) in [5.41, 5.74) is 6.14. The van der Waals surface area contributed by atoms with E-state index < -0.39 is 0 Å². The topological polar surface area (TPSA) is 41.7 Å². The largest absolute Gasteiger partial charge is 0.385 e. The fourth-order valence-electron chi connectivity index (χ4n) is 3.14. The Morgan fingerprint density at radius 1 is 1.29 bits per heavy atom. The minimum atomic E-state index is 0.267. The van der Waals surface area contributed by atoms with Crippen LogP contribution in [0.15, 0.2) is 0 Å². The van der Waals surface area contributed by atoms with Crippen LogP contribution in [0.3, 0.4) is 0 Å². The lowest BCUT2D eigenvalue weighted by atomic mass is 10.1. The molecule has 2 aliphatic heterocycles. The summed E-state index contributed by atoms with van der Waals surface area (Å²) in [5, 5.41) is 0. The minimum Gasteiger partial charge on any atom is -0.385 e. The number of methoxy groups -OCH3 is 1. The van der Waals surface area contributed by atoms with Crippen LogP contribution in [0.5, 0.6) is 0 Å². The minimum absolute atomic E-state index is 0.267. The molecule has 2 aliphatic rings. The summed E-state index contributed by atoms with van der Waals surface area (Å²) in [7, 11) is 1.75. The second-order valence-electron chi connectivity index (χ2n) is 5.49. The molecule has 2 heterocycles. The van der Waals surface area contributed by atoms with Gasteiger partial charge in [-0.05, 0) is 45.3 Å². The summed E-state index contributed by atoms with van der Waals surface area (Å²) in [6.07, 6.45) is 5.03. The second kappa shape index (κ2) is 6.69. The van der Waals surface area contributed by atoms with Crippen LogP contribution in [0.4, 0.5) is 0 Å². The predicted octanol–water partition coefficient (Wildman–Crippen LogP) is 0.520. The Morgan fingerprint density at radius 3 is 2.94 bits per heavy atom. The molecule has 0 spiro atoms. The molecule has 4 heteroatoms. The van der Waals surface area contributed by atoms with E-state index in [1.807, 2.05) is 0 Å². The normalized spacial score (nSPS) is 28.9. The van der Waals surface area contributed by atoms with Crippen LogP contribution >= 0.6 is 0 Å². The molecule has 2 saturated heterocycles. The van der Waals surface area contributed by atoms with Crippen molar-refractivity contribution in [1.29, 1.82) is 0 Å². The van der Waals surface area contributed by atoms with Gasteiger partial charge in [0.1, 0.15) is 0 Å². The highest BCUT2D eigenvalue weighted by atomic mass is 16.5. The van der Waals surface area contributed by atoms with Crippen molar-refractivity contribution in [2.24, 2.45) is 5.73 Å². The van der Waals surface area contributed by atoms with Gasteiger partial charge in [0.05, 0.1) is 0 Å². The monoisotopic (exact) mass is 241 g/mol. The van der Waals surface area contributed by atoms with Gasteiger partial charge >= 0.3 is 0 Å². The van der Waals surface area contributed by atoms with E-state index in [1.54, 1.807) is 7.11 Å². The van der Waals surface area contributed by atoms with Crippen LogP contribution in [-0.4, -0.2) is 68.3 Å². The summed E-state index contributed by atoms with van der Waals surface area (Å²) < 4.78 is 5.09. The first-order valence-electron chi connectivity index (χ1n) is 7.00. The number of nitrogens with zero attached hydrogens (tertiary/aromatic N) is 2. The summed E-state index contributed by atoms with van der Waals surface area (Å²) >= 11 is 0. The first-order valence-corrected chi connectivity index (χ1v) is 7.00. The molecule has 0 amide bonds. The SMILES string of the molecule is COCCC(N)CN1CCCN2CCCC2C1. The highest BCUT2D eigenvalue weighted by Gasteiger charge is 2.28. The zero-order valence-electron chi connectivity index (χ0n) is 11.1. The second-order valence-corrected chi connectivity index (χ2v) is 5.49. The molecule has 0 aromatic rings. The lowest BCUT2D eigenvalue weighted by molar-refractivity contribution is 0.170. The maximum atomic E-state index is 6.14. The Labute approximate surface area is 105 Å². The molecule has 0 saturated carbocycles. The highest BCUT2D eigenvalue weighted by Crippen LogP contribution is 2.21. The summed E-state index contributed by atoms with van der Waals surface area (Å²) in [4.78, 5) is 5.23. The average Bonchev–Trinajstić information content (AvgIpc) is 2.66. The Balaban J connectivity index is 1.76. The van der Waals surface area contributed by atoms with Crippen molar-refractivity contribution in [1.82, 2.24) is 9.80 Å². The third-order valence-corrected chi connectivity index (χ3v) is 4.07. The molecule has 2 rings (SSSR count). The fraction of sp³-hybridized carbons (Fsp3) is 1.00. The van der Waals surface area contributed by atoms with E-state index in [9.17, 15) is 0 Å². The molecule has 0 aromatic heterocycles. The lowest BCUT2D eigenvalue weighted by Crippen LogP contribution is -2.42. The molecule has 100 valence electrons. The van der Waals surface area contributed by atoms with Crippen molar-refractivity contribution < 1.29 is 4.74 Å². The Bertz CT molecular complexity index is 225. The summed E-state index contributed by atoms with van der Waals surface area (Å²) in [6.45, 7) is 6.86. The van der Waals surface area contributed by atoms with E-state index in [0.717, 1.165) is 25.6 Å². The zero-order valence-corrected chi connectivity index (χ0v) is 11.1. The third-order valence-electron chi connectivity index (χ3n) is 4.07. The van der Waals surface area contributed by atoms with Crippen molar-refractivity contribution in [2.75, 3.05) is 46.4 Å². The van der Waals surface area contributed by atoms with Gasteiger partial charge in [-0.2, -0.15) is 0 Å². The van der Waals surface area contributed by atoms with E-state index in [2.05, 4.69) is 9.80 Å². The first kappa shape index (κ1) is 13.3. The van der Waals surface area contributed by atoms with Crippen LogP contribution in [-0.2, 0) is 4.74 Å². The van der Waals surface area contributed by atoms with E-state index >= 15 is 0 Å². The molecule has 2 atom stereocenters. The van der Waals surface area contributed by atoms with Gasteiger partial charge in [-0.3, -0.25) is 4.90 Å². The molecule has 0 bridgehead atoms. The summed E-state index contributed by atoms with van der Waals surface area (Å²) in [6, 6.07) is 1.06. The van der Waals surface area contributed by atoms with Crippen LogP contribution in [0.2, 0.25) is 0 Å². The van der Waals surface area contributed by atoms with Gasteiger partial charge in [0.2, 0.25) is 0 Å². The molecule has 17 heavy (non-hydrogen) atoms. The molecule has 0 radical (unpaired) electrons. The van der Waals surface area contributed by atoms with Gasteiger partial charge in [0, 0.05) is 38.9 Å². The number of ether oxygens (including phenoxy) is 1. The van der Waals surface area contributed by atoms with E-state index in [-0.39, 0.29) is 6.04 Å².